The van der Waals surface area contributed by atoms with Crippen molar-refractivity contribution < 1.29 is 4.39 Å². The smallest absolute Gasteiger partial charge is 0.144 e. The van der Waals surface area contributed by atoms with E-state index in [4.69, 9.17) is 11.1 Å². The molecule has 1 aromatic carbocycles. The van der Waals surface area contributed by atoms with Gasteiger partial charge in [0.15, 0.2) is 0 Å². The van der Waals surface area contributed by atoms with Crippen LogP contribution in [0.4, 0.5) is 4.39 Å². The van der Waals surface area contributed by atoms with E-state index >= 15 is 0 Å². The first-order valence-electron chi connectivity index (χ1n) is 6.83. The molecule has 5 heteroatoms. The predicted octanol–water partition coefficient (Wildman–Crippen LogP) is 2.23. The standard InChI is InChI=1S/C15H17FN4/c16-12-7-3-1-5-10(12)9-20-13-8-4-2-6-11(13)14(19-20)15(17)18/h1,3,5,7H,2,4,6,8-9H2,(H3,17,18). The van der Waals surface area contributed by atoms with Crippen LogP contribution in [0, 0.1) is 11.2 Å². The number of amidine groups is 1. The number of nitrogens with zero attached hydrogens (tertiary/aromatic N) is 2. The van der Waals surface area contributed by atoms with Crippen molar-refractivity contribution >= 4 is 5.84 Å². The van der Waals surface area contributed by atoms with Gasteiger partial charge < -0.3 is 5.73 Å². The maximum Gasteiger partial charge on any atom is 0.144 e. The Balaban J connectivity index is 2.02. The molecular weight excluding hydrogens is 255 g/mol. The second-order valence-corrected chi connectivity index (χ2v) is 5.14. The summed E-state index contributed by atoms with van der Waals surface area (Å²) >= 11 is 0. The quantitative estimate of drug-likeness (QED) is 0.664. The Morgan fingerprint density at radius 2 is 2.05 bits per heavy atom. The van der Waals surface area contributed by atoms with Crippen molar-refractivity contribution in [2.45, 2.75) is 32.2 Å². The van der Waals surface area contributed by atoms with Crippen LogP contribution in [0.25, 0.3) is 0 Å². The first kappa shape index (κ1) is 12.8. The van der Waals surface area contributed by atoms with Gasteiger partial charge in [-0.05, 0) is 31.7 Å². The molecule has 0 spiro atoms. The molecule has 2 aromatic rings. The Bertz CT molecular complexity index is 660. The van der Waals surface area contributed by atoms with Crippen LogP contribution >= 0.6 is 0 Å². The lowest BCUT2D eigenvalue weighted by Gasteiger charge is -2.14. The van der Waals surface area contributed by atoms with Crippen LogP contribution in [-0.2, 0) is 19.4 Å². The zero-order valence-corrected chi connectivity index (χ0v) is 11.2. The van der Waals surface area contributed by atoms with Crippen LogP contribution in [0.1, 0.15) is 35.4 Å². The van der Waals surface area contributed by atoms with Crippen molar-refractivity contribution in [1.82, 2.24) is 9.78 Å². The fourth-order valence-electron chi connectivity index (χ4n) is 2.81. The molecule has 1 aromatic heterocycles. The number of aromatic nitrogens is 2. The first-order valence-corrected chi connectivity index (χ1v) is 6.83. The maximum atomic E-state index is 13.8. The highest BCUT2D eigenvalue weighted by molar-refractivity contribution is 5.94. The second kappa shape index (κ2) is 5.07. The number of nitrogen functional groups attached to an aromatic ring is 1. The van der Waals surface area contributed by atoms with Gasteiger partial charge in [0.25, 0.3) is 0 Å². The number of halogens is 1. The maximum absolute atomic E-state index is 13.8. The van der Waals surface area contributed by atoms with E-state index in [0.717, 1.165) is 36.9 Å². The van der Waals surface area contributed by atoms with Crippen molar-refractivity contribution in [3.8, 4) is 0 Å². The molecule has 0 saturated carbocycles. The highest BCUT2D eigenvalue weighted by Crippen LogP contribution is 2.25. The van der Waals surface area contributed by atoms with E-state index in [1.807, 2.05) is 10.7 Å². The molecule has 3 rings (SSSR count). The summed E-state index contributed by atoms with van der Waals surface area (Å²) in [6.45, 7) is 0.391. The Morgan fingerprint density at radius 1 is 1.30 bits per heavy atom. The molecule has 1 aliphatic carbocycles. The minimum atomic E-state index is -0.225. The van der Waals surface area contributed by atoms with E-state index in [2.05, 4.69) is 5.10 Å². The fraction of sp³-hybridized carbons (Fsp3) is 0.333. The number of nitrogens with one attached hydrogen (secondary N) is 1. The summed E-state index contributed by atoms with van der Waals surface area (Å²) in [6, 6.07) is 6.72. The van der Waals surface area contributed by atoms with E-state index in [0.29, 0.717) is 17.8 Å². The fourth-order valence-corrected chi connectivity index (χ4v) is 2.81. The Kier molecular flexibility index (Phi) is 3.26. The largest absolute Gasteiger partial charge is 0.382 e. The van der Waals surface area contributed by atoms with Crippen LogP contribution in [-0.4, -0.2) is 15.6 Å². The molecule has 0 saturated heterocycles. The Labute approximate surface area is 116 Å². The second-order valence-electron chi connectivity index (χ2n) is 5.14. The van der Waals surface area contributed by atoms with Crippen LogP contribution in [0.2, 0.25) is 0 Å². The summed E-state index contributed by atoms with van der Waals surface area (Å²) in [7, 11) is 0. The zero-order chi connectivity index (χ0) is 14.1. The molecule has 3 N–H and O–H groups in total. The number of rotatable bonds is 3. The molecule has 1 aliphatic rings. The molecule has 0 aliphatic heterocycles. The van der Waals surface area contributed by atoms with Gasteiger partial charge in [-0.2, -0.15) is 5.10 Å². The van der Waals surface area contributed by atoms with Crippen LogP contribution < -0.4 is 5.73 Å². The third-order valence-corrected chi connectivity index (χ3v) is 3.79. The summed E-state index contributed by atoms with van der Waals surface area (Å²) in [6.07, 6.45) is 4.03. The van der Waals surface area contributed by atoms with Crippen molar-refractivity contribution in [3.05, 3.63) is 52.6 Å². The van der Waals surface area contributed by atoms with E-state index in [1.165, 1.54) is 6.07 Å². The van der Waals surface area contributed by atoms with Gasteiger partial charge in [0, 0.05) is 16.8 Å². The SMILES string of the molecule is N=C(N)c1nn(Cc2ccccc2F)c2c1CCCC2. The lowest BCUT2D eigenvalue weighted by Crippen LogP contribution is -2.15. The number of hydrogen-bond donors (Lipinski definition) is 2. The summed E-state index contributed by atoms with van der Waals surface area (Å²) < 4.78 is 15.6. The van der Waals surface area contributed by atoms with E-state index in [9.17, 15) is 4.39 Å². The van der Waals surface area contributed by atoms with Crippen molar-refractivity contribution in [3.63, 3.8) is 0 Å². The monoisotopic (exact) mass is 272 g/mol. The first-order chi connectivity index (χ1) is 9.66. The molecule has 0 radical (unpaired) electrons. The summed E-state index contributed by atoms with van der Waals surface area (Å²) in [5.74, 6) is -0.229. The van der Waals surface area contributed by atoms with E-state index in [-0.39, 0.29) is 11.7 Å². The average Bonchev–Trinajstić information content (AvgIpc) is 2.81. The molecular formula is C15H17FN4. The highest BCUT2D eigenvalue weighted by atomic mass is 19.1. The molecule has 1 heterocycles. The van der Waals surface area contributed by atoms with Gasteiger partial charge in [-0.1, -0.05) is 18.2 Å². The molecule has 20 heavy (non-hydrogen) atoms. The van der Waals surface area contributed by atoms with Gasteiger partial charge in [-0.3, -0.25) is 10.1 Å². The van der Waals surface area contributed by atoms with Gasteiger partial charge in [-0.25, -0.2) is 4.39 Å². The number of hydrogen-bond acceptors (Lipinski definition) is 2. The van der Waals surface area contributed by atoms with Crippen molar-refractivity contribution in [2.24, 2.45) is 5.73 Å². The lowest BCUT2D eigenvalue weighted by molar-refractivity contribution is 0.560. The van der Waals surface area contributed by atoms with Crippen LogP contribution in [0.3, 0.4) is 0 Å². The van der Waals surface area contributed by atoms with Gasteiger partial charge in [0.2, 0.25) is 0 Å². The van der Waals surface area contributed by atoms with Crippen LogP contribution in [0.5, 0.6) is 0 Å². The van der Waals surface area contributed by atoms with E-state index < -0.39 is 0 Å². The topological polar surface area (TPSA) is 67.7 Å². The normalized spacial score (nSPS) is 14.1. The summed E-state index contributed by atoms with van der Waals surface area (Å²) in [4.78, 5) is 0. The highest BCUT2D eigenvalue weighted by Gasteiger charge is 2.22. The van der Waals surface area contributed by atoms with Crippen molar-refractivity contribution in [2.75, 3.05) is 0 Å². The summed E-state index contributed by atoms with van der Waals surface area (Å²) in [5.41, 5.74) is 8.95. The molecule has 104 valence electrons. The number of fused-ring (bicyclic) bond motifs is 1. The van der Waals surface area contributed by atoms with Gasteiger partial charge in [-0.15, -0.1) is 0 Å². The minimum Gasteiger partial charge on any atom is -0.382 e. The molecule has 0 unspecified atom stereocenters. The molecule has 4 nitrogen and oxygen atoms in total. The third-order valence-electron chi connectivity index (χ3n) is 3.79. The van der Waals surface area contributed by atoms with Gasteiger partial charge in [0.05, 0.1) is 6.54 Å². The van der Waals surface area contributed by atoms with Crippen LogP contribution in [0.15, 0.2) is 24.3 Å². The average molecular weight is 272 g/mol. The molecule has 0 fully saturated rings. The molecule has 0 atom stereocenters. The van der Waals surface area contributed by atoms with E-state index in [1.54, 1.807) is 12.1 Å². The Morgan fingerprint density at radius 3 is 2.80 bits per heavy atom. The number of nitrogens with two attached hydrogens (primary N) is 1. The van der Waals surface area contributed by atoms with Crippen molar-refractivity contribution in [1.29, 1.82) is 5.41 Å². The lowest BCUT2D eigenvalue weighted by atomic mass is 9.95. The van der Waals surface area contributed by atoms with Gasteiger partial charge >= 0.3 is 0 Å². The molecule has 0 amide bonds. The third kappa shape index (κ3) is 2.19. The van der Waals surface area contributed by atoms with Gasteiger partial charge in [0.1, 0.15) is 17.3 Å². The predicted molar refractivity (Wildman–Crippen MR) is 75.4 cm³/mol. The minimum absolute atomic E-state index is 0.00423. The molecule has 0 bridgehead atoms. The number of benzene rings is 1. The zero-order valence-electron chi connectivity index (χ0n) is 11.2. The Hall–Kier alpha value is -2.17. The summed E-state index contributed by atoms with van der Waals surface area (Å²) in [5, 5.41) is 12.1.